The van der Waals surface area contributed by atoms with Crippen molar-refractivity contribution in [3.63, 3.8) is 0 Å². The topological polar surface area (TPSA) is 78.9 Å². The highest BCUT2D eigenvalue weighted by atomic mass is 16.6. The number of allylic oxidation sites excluding steroid dienone is 10. The number of unbranched alkanes of at least 4 members (excludes halogenated alkanes) is 24. The summed E-state index contributed by atoms with van der Waals surface area (Å²) < 4.78 is 16.7. The zero-order valence-corrected chi connectivity index (χ0v) is 38.8. The molecule has 0 fully saturated rings. The minimum absolute atomic E-state index is 0.0876. The van der Waals surface area contributed by atoms with Crippen LogP contribution in [0.3, 0.4) is 0 Å². The summed E-state index contributed by atoms with van der Waals surface area (Å²) in [7, 11) is 0. The van der Waals surface area contributed by atoms with Crippen LogP contribution in [0.5, 0.6) is 0 Å². The van der Waals surface area contributed by atoms with Crippen LogP contribution in [0.2, 0.25) is 0 Å². The molecule has 0 aliphatic carbocycles. The van der Waals surface area contributed by atoms with Crippen LogP contribution in [0.1, 0.15) is 239 Å². The molecule has 6 nitrogen and oxygen atoms in total. The lowest BCUT2D eigenvalue weighted by Crippen LogP contribution is -2.30. The van der Waals surface area contributed by atoms with E-state index in [1.807, 2.05) is 0 Å². The Morgan fingerprint density at radius 2 is 0.712 bits per heavy atom. The van der Waals surface area contributed by atoms with E-state index < -0.39 is 6.10 Å². The molecule has 0 rings (SSSR count). The van der Waals surface area contributed by atoms with Gasteiger partial charge in [0.2, 0.25) is 0 Å². The van der Waals surface area contributed by atoms with Crippen LogP contribution in [0.15, 0.2) is 60.8 Å². The molecule has 0 saturated carbocycles. The van der Waals surface area contributed by atoms with Gasteiger partial charge in [-0.3, -0.25) is 14.4 Å². The molecular weight excluding hydrogens is 733 g/mol. The molecule has 0 aliphatic rings. The summed E-state index contributed by atoms with van der Waals surface area (Å²) in [5.74, 6) is -0.927. The van der Waals surface area contributed by atoms with Gasteiger partial charge in [0.05, 0.1) is 0 Å². The van der Waals surface area contributed by atoms with E-state index in [1.54, 1.807) is 0 Å². The van der Waals surface area contributed by atoms with Crippen LogP contribution < -0.4 is 0 Å². The van der Waals surface area contributed by atoms with E-state index in [2.05, 4.69) is 81.5 Å². The van der Waals surface area contributed by atoms with Crippen molar-refractivity contribution < 1.29 is 28.6 Å². The van der Waals surface area contributed by atoms with Gasteiger partial charge in [-0.2, -0.15) is 0 Å². The van der Waals surface area contributed by atoms with E-state index >= 15 is 0 Å². The second-order valence-corrected chi connectivity index (χ2v) is 16.4. The van der Waals surface area contributed by atoms with Crippen molar-refractivity contribution in [2.45, 2.75) is 245 Å². The summed E-state index contributed by atoms with van der Waals surface area (Å²) in [4.78, 5) is 37.8. The second kappa shape index (κ2) is 47.8. The van der Waals surface area contributed by atoms with Gasteiger partial charge in [-0.25, -0.2) is 0 Å². The van der Waals surface area contributed by atoms with Gasteiger partial charge in [0, 0.05) is 19.3 Å². The Labute approximate surface area is 364 Å². The first kappa shape index (κ1) is 56.1. The first-order chi connectivity index (χ1) is 29.0. The average Bonchev–Trinajstić information content (AvgIpc) is 3.23. The van der Waals surface area contributed by atoms with Gasteiger partial charge in [0.1, 0.15) is 13.2 Å². The van der Waals surface area contributed by atoms with Crippen molar-refractivity contribution in [2.24, 2.45) is 0 Å². The maximum atomic E-state index is 12.7. The van der Waals surface area contributed by atoms with E-state index in [4.69, 9.17) is 14.2 Å². The van der Waals surface area contributed by atoms with Crippen molar-refractivity contribution >= 4 is 17.9 Å². The number of carbonyl (C=O) groups excluding carboxylic acids is 3. The number of rotatable bonds is 44. The molecule has 0 aromatic rings. The average molecular weight is 825 g/mol. The predicted molar refractivity (Wildman–Crippen MR) is 251 cm³/mol. The van der Waals surface area contributed by atoms with Crippen LogP contribution >= 0.6 is 0 Å². The van der Waals surface area contributed by atoms with Crippen molar-refractivity contribution in [3.05, 3.63) is 60.8 Å². The Balaban J connectivity index is 4.38. The first-order valence-electron chi connectivity index (χ1n) is 24.8. The van der Waals surface area contributed by atoms with E-state index in [1.165, 1.54) is 89.9 Å². The molecule has 0 aromatic heterocycles. The van der Waals surface area contributed by atoms with Gasteiger partial charge in [0.15, 0.2) is 6.10 Å². The molecule has 0 radical (unpaired) electrons. The summed E-state index contributed by atoms with van der Waals surface area (Å²) in [6.07, 6.45) is 57.8. The van der Waals surface area contributed by atoms with Gasteiger partial charge >= 0.3 is 17.9 Å². The zero-order valence-electron chi connectivity index (χ0n) is 38.8. The van der Waals surface area contributed by atoms with E-state index in [0.717, 1.165) is 109 Å². The zero-order chi connectivity index (χ0) is 43.0. The fraction of sp³-hybridized carbons (Fsp3) is 0.755. The van der Waals surface area contributed by atoms with Crippen molar-refractivity contribution in [2.75, 3.05) is 13.2 Å². The Bertz CT molecular complexity index is 1090. The van der Waals surface area contributed by atoms with Gasteiger partial charge < -0.3 is 14.2 Å². The highest BCUT2D eigenvalue weighted by molar-refractivity contribution is 5.71. The number of ether oxygens (including phenoxy) is 3. The molecule has 1 unspecified atom stereocenters. The Hall–Kier alpha value is -2.89. The molecule has 0 spiro atoms. The first-order valence-corrected chi connectivity index (χ1v) is 24.8. The van der Waals surface area contributed by atoms with E-state index in [-0.39, 0.29) is 31.1 Å². The third-order valence-corrected chi connectivity index (χ3v) is 10.5. The molecule has 0 saturated heterocycles. The van der Waals surface area contributed by atoms with Gasteiger partial charge in [0.25, 0.3) is 0 Å². The lowest BCUT2D eigenvalue weighted by atomic mass is 10.1. The summed E-state index contributed by atoms with van der Waals surface area (Å²) in [5.41, 5.74) is 0. The minimum atomic E-state index is -0.788. The van der Waals surface area contributed by atoms with Gasteiger partial charge in [-0.15, -0.1) is 0 Å². The SMILES string of the molecule is CC/C=C\C/C=C\C/C=C\CCCCCCC(=O)OC(COC(=O)CCCCCCC/C=C\C=C/CCCCCCCCC)COC(=O)CCCCCCCCCCC. The molecule has 0 bridgehead atoms. The highest BCUT2D eigenvalue weighted by Crippen LogP contribution is 2.14. The predicted octanol–water partition coefficient (Wildman–Crippen LogP) is 16.1. The van der Waals surface area contributed by atoms with Crippen molar-refractivity contribution in [1.29, 1.82) is 0 Å². The van der Waals surface area contributed by atoms with E-state index in [0.29, 0.717) is 19.3 Å². The lowest BCUT2D eigenvalue weighted by Gasteiger charge is -2.18. The van der Waals surface area contributed by atoms with Crippen LogP contribution in [-0.2, 0) is 28.6 Å². The third-order valence-electron chi connectivity index (χ3n) is 10.5. The maximum absolute atomic E-state index is 12.7. The number of carbonyl (C=O) groups is 3. The molecule has 0 amide bonds. The Morgan fingerprint density at radius 3 is 1.14 bits per heavy atom. The van der Waals surface area contributed by atoms with Crippen LogP contribution in [0.4, 0.5) is 0 Å². The second-order valence-electron chi connectivity index (χ2n) is 16.4. The fourth-order valence-corrected chi connectivity index (χ4v) is 6.80. The molecule has 340 valence electrons. The quantitative estimate of drug-likeness (QED) is 0.0200. The van der Waals surface area contributed by atoms with Gasteiger partial charge in [-0.05, 0) is 77.0 Å². The molecule has 0 aromatic carbocycles. The number of esters is 3. The molecule has 0 N–H and O–H groups in total. The van der Waals surface area contributed by atoms with Crippen LogP contribution in [0, 0.1) is 0 Å². The summed E-state index contributed by atoms with van der Waals surface area (Å²) in [6.45, 7) is 6.47. The van der Waals surface area contributed by atoms with Crippen LogP contribution in [-0.4, -0.2) is 37.2 Å². The molecule has 59 heavy (non-hydrogen) atoms. The Morgan fingerprint density at radius 1 is 0.373 bits per heavy atom. The number of hydrogen-bond acceptors (Lipinski definition) is 6. The lowest BCUT2D eigenvalue weighted by molar-refractivity contribution is -0.167. The van der Waals surface area contributed by atoms with Gasteiger partial charge in [-0.1, -0.05) is 204 Å². The minimum Gasteiger partial charge on any atom is -0.462 e. The fourth-order valence-electron chi connectivity index (χ4n) is 6.80. The smallest absolute Gasteiger partial charge is 0.306 e. The summed E-state index contributed by atoms with van der Waals surface area (Å²) in [6, 6.07) is 0. The van der Waals surface area contributed by atoms with Crippen LogP contribution in [0.25, 0.3) is 0 Å². The summed E-state index contributed by atoms with van der Waals surface area (Å²) in [5, 5.41) is 0. The van der Waals surface area contributed by atoms with Crippen molar-refractivity contribution in [3.8, 4) is 0 Å². The molecular formula is C53H92O6. The molecule has 0 aliphatic heterocycles. The highest BCUT2D eigenvalue weighted by Gasteiger charge is 2.19. The Kier molecular flexibility index (Phi) is 45.4. The molecule has 0 heterocycles. The number of hydrogen-bond donors (Lipinski definition) is 0. The van der Waals surface area contributed by atoms with Crippen molar-refractivity contribution in [1.82, 2.24) is 0 Å². The molecule has 1 atom stereocenters. The largest absolute Gasteiger partial charge is 0.462 e. The normalized spacial score (nSPS) is 12.5. The monoisotopic (exact) mass is 825 g/mol. The molecule has 6 heteroatoms. The summed E-state index contributed by atoms with van der Waals surface area (Å²) >= 11 is 0. The van der Waals surface area contributed by atoms with E-state index in [9.17, 15) is 14.4 Å². The third kappa shape index (κ3) is 46.0. The maximum Gasteiger partial charge on any atom is 0.306 e. The standard InChI is InChI=1S/C53H92O6/c1-4-7-10-13-16-19-21-23-25-26-27-28-30-31-34-37-40-43-46-52(55)58-49-50(48-57-51(54)45-42-39-36-33-18-15-12-9-6-3)59-53(56)47-44-41-38-35-32-29-24-22-20-17-14-11-8-5-2/h8,11,17,20,24-29,50H,4-7,9-10,12-16,18-19,21-23,30-49H2,1-3H3/b11-8-,20-17-,26-25-,28-27-,29-24-.